The first kappa shape index (κ1) is 16.3. The van der Waals surface area contributed by atoms with Gasteiger partial charge in [0.1, 0.15) is 5.82 Å². The second-order valence-corrected chi connectivity index (χ2v) is 5.32. The topological polar surface area (TPSA) is 107 Å². The quantitative estimate of drug-likeness (QED) is 0.657. The Morgan fingerprint density at radius 1 is 1.08 bits per heavy atom. The summed E-state index contributed by atoms with van der Waals surface area (Å²) in [4.78, 5) is 21.0. The lowest BCUT2D eigenvalue weighted by atomic mass is 10.1. The normalized spacial score (nSPS) is 10.4. The third kappa shape index (κ3) is 3.66. The smallest absolute Gasteiger partial charge is 0.335 e. The van der Waals surface area contributed by atoms with E-state index in [4.69, 9.17) is 0 Å². The summed E-state index contributed by atoms with van der Waals surface area (Å²) in [5.41, 5.74) is 1.59. The van der Waals surface area contributed by atoms with Gasteiger partial charge in [-0.25, -0.2) is 4.79 Å². The highest BCUT2D eigenvalue weighted by Crippen LogP contribution is 2.31. The predicted octanol–water partition coefficient (Wildman–Crippen LogP) is 2.92. The van der Waals surface area contributed by atoms with Gasteiger partial charge >= 0.3 is 5.97 Å². The number of hydrogen-bond donors (Lipinski definition) is 3. The molecule has 7 heteroatoms. The van der Waals surface area contributed by atoms with Crippen LogP contribution in [0.4, 0.5) is 11.5 Å². The van der Waals surface area contributed by atoms with Crippen molar-refractivity contribution in [3.05, 3.63) is 72.1 Å². The van der Waals surface area contributed by atoms with Crippen LogP contribution in [0.25, 0.3) is 0 Å². The molecule has 25 heavy (non-hydrogen) atoms. The highest BCUT2D eigenvalue weighted by Gasteiger charge is 2.15. The molecule has 0 bridgehead atoms. The lowest BCUT2D eigenvalue weighted by Gasteiger charge is -2.24. The molecule has 0 spiro atoms. The summed E-state index contributed by atoms with van der Waals surface area (Å²) in [6.07, 6.45) is 3.35. The van der Waals surface area contributed by atoms with Gasteiger partial charge in [0, 0.05) is 18.1 Å². The van der Waals surface area contributed by atoms with E-state index in [0.29, 0.717) is 18.1 Å². The van der Waals surface area contributed by atoms with Crippen LogP contribution in [0.3, 0.4) is 0 Å². The average molecular weight is 337 g/mol. The fraction of sp³-hybridized carbons (Fsp3) is 0.0556. The number of anilines is 2. The fourth-order valence-corrected chi connectivity index (χ4v) is 2.37. The molecule has 1 aromatic carbocycles. The Morgan fingerprint density at radius 3 is 2.60 bits per heavy atom. The number of hydrogen-bond acceptors (Lipinski definition) is 6. The van der Waals surface area contributed by atoms with Crippen LogP contribution in [-0.2, 0) is 6.54 Å². The van der Waals surface area contributed by atoms with E-state index in [-0.39, 0.29) is 11.3 Å². The van der Waals surface area contributed by atoms with Gasteiger partial charge in [-0.15, -0.1) is 0 Å². The van der Waals surface area contributed by atoms with Crippen LogP contribution in [-0.4, -0.2) is 31.3 Å². The summed E-state index contributed by atoms with van der Waals surface area (Å²) in [6.45, 7) is 0.355. The first-order valence-electron chi connectivity index (χ1n) is 7.43. The lowest BCUT2D eigenvalue weighted by Crippen LogP contribution is -2.18. The molecule has 7 nitrogen and oxygen atoms in total. The van der Waals surface area contributed by atoms with E-state index in [9.17, 15) is 20.1 Å². The minimum Gasteiger partial charge on any atom is -0.503 e. The molecule has 126 valence electrons. The predicted molar refractivity (Wildman–Crippen MR) is 91.0 cm³/mol. The third-order valence-electron chi connectivity index (χ3n) is 3.58. The molecule has 0 aliphatic rings. The van der Waals surface area contributed by atoms with Gasteiger partial charge in [-0.05, 0) is 42.0 Å². The van der Waals surface area contributed by atoms with E-state index >= 15 is 0 Å². The molecule has 3 aromatic rings. The number of benzene rings is 1. The van der Waals surface area contributed by atoms with Crippen molar-refractivity contribution in [3.63, 3.8) is 0 Å². The van der Waals surface area contributed by atoms with Crippen molar-refractivity contribution in [2.45, 2.75) is 6.54 Å². The summed E-state index contributed by atoms with van der Waals surface area (Å²) in [7, 11) is 0. The molecule has 0 saturated heterocycles. The van der Waals surface area contributed by atoms with E-state index in [1.54, 1.807) is 41.6 Å². The van der Waals surface area contributed by atoms with Crippen LogP contribution < -0.4 is 4.90 Å². The van der Waals surface area contributed by atoms with E-state index in [1.807, 2.05) is 6.07 Å². The molecule has 0 fully saturated rings. The maximum absolute atomic E-state index is 11.3. The number of carbonyl (C=O) groups is 1. The summed E-state index contributed by atoms with van der Waals surface area (Å²) in [5, 5.41) is 28.4. The maximum atomic E-state index is 11.3. The van der Waals surface area contributed by atoms with Crippen LogP contribution >= 0.6 is 0 Å². The number of nitrogens with zero attached hydrogens (tertiary/aromatic N) is 3. The fourth-order valence-electron chi connectivity index (χ4n) is 2.37. The van der Waals surface area contributed by atoms with E-state index in [2.05, 4.69) is 9.97 Å². The number of aromatic nitrogens is 2. The Kier molecular flexibility index (Phi) is 4.47. The van der Waals surface area contributed by atoms with Gasteiger partial charge in [0.2, 0.25) is 0 Å². The number of aromatic hydroxyl groups is 2. The third-order valence-corrected chi connectivity index (χ3v) is 3.58. The van der Waals surface area contributed by atoms with Crippen molar-refractivity contribution < 1.29 is 20.1 Å². The van der Waals surface area contributed by atoms with E-state index in [0.717, 1.165) is 5.56 Å². The van der Waals surface area contributed by atoms with Crippen LogP contribution in [0.1, 0.15) is 15.9 Å². The molecule has 0 unspecified atom stereocenters. The zero-order chi connectivity index (χ0) is 17.8. The second kappa shape index (κ2) is 6.88. The molecule has 0 aliphatic heterocycles. The van der Waals surface area contributed by atoms with Crippen molar-refractivity contribution in [2.24, 2.45) is 0 Å². The first-order valence-corrected chi connectivity index (χ1v) is 7.43. The summed E-state index contributed by atoms with van der Waals surface area (Å²) in [6, 6.07) is 12.9. The van der Waals surface area contributed by atoms with Crippen molar-refractivity contribution in [1.82, 2.24) is 9.97 Å². The summed E-state index contributed by atoms with van der Waals surface area (Å²) >= 11 is 0. The van der Waals surface area contributed by atoms with Crippen molar-refractivity contribution >= 4 is 17.5 Å². The second-order valence-electron chi connectivity index (χ2n) is 5.32. The Hall–Kier alpha value is -3.61. The first-order chi connectivity index (χ1) is 12.0. The van der Waals surface area contributed by atoms with E-state index < -0.39 is 11.8 Å². The van der Waals surface area contributed by atoms with Crippen molar-refractivity contribution in [3.8, 4) is 11.6 Å². The number of carboxylic acids is 1. The minimum absolute atomic E-state index is 0.136. The van der Waals surface area contributed by atoms with Crippen molar-refractivity contribution in [1.29, 1.82) is 0 Å². The number of carboxylic acid groups (broad SMARTS) is 1. The zero-order valence-electron chi connectivity index (χ0n) is 13.1. The largest absolute Gasteiger partial charge is 0.503 e. The van der Waals surface area contributed by atoms with Crippen LogP contribution in [0, 0.1) is 0 Å². The van der Waals surface area contributed by atoms with E-state index in [1.165, 1.54) is 18.2 Å². The lowest BCUT2D eigenvalue weighted by molar-refractivity contribution is 0.0697. The van der Waals surface area contributed by atoms with Crippen LogP contribution in [0.5, 0.6) is 11.6 Å². The van der Waals surface area contributed by atoms with Gasteiger partial charge in [-0.1, -0.05) is 12.1 Å². The average Bonchev–Trinajstić information content (AvgIpc) is 2.63. The molecule has 0 saturated carbocycles. The van der Waals surface area contributed by atoms with Gasteiger partial charge in [0.15, 0.2) is 5.75 Å². The molecule has 2 heterocycles. The maximum Gasteiger partial charge on any atom is 0.335 e. The van der Waals surface area contributed by atoms with Crippen LogP contribution in [0.15, 0.2) is 60.9 Å². The molecular formula is C18H15N3O4. The SMILES string of the molecule is O=C(O)c1cccc(N(Cc2cccnc2)c2ccc(O)c(O)n2)c1. The highest BCUT2D eigenvalue weighted by molar-refractivity contribution is 5.89. The summed E-state index contributed by atoms with van der Waals surface area (Å²) in [5.74, 6) is -1.50. The molecule has 3 N–H and O–H groups in total. The number of pyridine rings is 2. The number of aromatic carboxylic acids is 1. The Morgan fingerprint density at radius 2 is 1.92 bits per heavy atom. The highest BCUT2D eigenvalue weighted by atomic mass is 16.4. The Labute approximate surface area is 143 Å². The zero-order valence-corrected chi connectivity index (χ0v) is 13.1. The molecule has 0 amide bonds. The molecule has 0 aliphatic carbocycles. The Balaban J connectivity index is 2.06. The minimum atomic E-state index is -1.04. The van der Waals surface area contributed by atoms with Gasteiger partial charge < -0.3 is 20.2 Å². The van der Waals surface area contributed by atoms with Gasteiger partial charge in [0.05, 0.1) is 12.1 Å². The molecule has 0 atom stereocenters. The van der Waals surface area contributed by atoms with Gasteiger partial charge in [-0.3, -0.25) is 4.98 Å². The molecule has 3 rings (SSSR count). The number of rotatable bonds is 5. The van der Waals surface area contributed by atoms with Gasteiger partial charge in [-0.2, -0.15) is 4.98 Å². The molecular weight excluding hydrogens is 322 g/mol. The molecule has 0 radical (unpaired) electrons. The Bertz CT molecular complexity index is 900. The monoisotopic (exact) mass is 337 g/mol. The summed E-state index contributed by atoms with van der Waals surface area (Å²) < 4.78 is 0. The van der Waals surface area contributed by atoms with Crippen LogP contribution in [0.2, 0.25) is 0 Å². The standard InChI is InChI=1S/C18H15N3O4/c22-15-6-7-16(20-17(15)23)21(11-12-3-2-8-19-10-12)14-5-1-4-13(9-14)18(24)25/h1-10,22H,11H2,(H,20,23)(H,24,25). The van der Waals surface area contributed by atoms with Gasteiger partial charge in [0.25, 0.3) is 5.88 Å². The molecule has 2 aromatic heterocycles. The van der Waals surface area contributed by atoms with Crippen molar-refractivity contribution in [2.75, 3.05) is 4.90 Å².